The van der Waals surface area contributed by atoms with Crippen molar-refractivity contribution in [1.29, 1.82) is 0 Å². The highest BCUT2D eigenvalue weighted by Crippen LogP contribution is 2.23. The molecule has 4 nitrogen and oxygen atoms in total. The van der Waals surface area contributed by atoms with Gasteiger partial charge in [0.2, 0.25) is 0 Å². The molecule has 1 aromatic heterocycles. The number of hydrogen-bond donors (Lipinski definition) is 1. The molecule has 0 amide bonds. The van der Waals surface area contributed by atoms with Crippen LogP contribution in [0.3, 0.4) is 0 Å². The highest BCUT2D eigenvalue weighted by Gasteiger charge is 2.15. The van der Waals surface area contributed by atoms with Crippen LogP contribution in [0.2, 0.25) is 0 Å². The van der Waals surface area contributed by atoms with Crippen molar-refractivity contribution in [3.63, 3.8) is 0 Å². The minimum Gasteiger partial charge on any atom is -0.396 e. The van der Waals surface area contributed by atoms with Crippen molar-refractivity contribution >= 4 is 21.2 Å². The zero-order valence-electron chi connectivity index (χ0n) is 9.51. The van der Waals surface area contributed by atoms with E-state index < -0.39 is 9.84 Å². The van der Waals surface area contributed by atoms with E-state index in [1.54, 1.807) is 11.4 Å². The minimum atomic E-state index is -3.12. The largest absolute Gasteiger partial charge is 0.396 e. The summed E-state index contributed by atoms with van der Waals surface area (Å²) < 4.78 is 22.9. The average molecular weight is 263 g/mol. The van der Waals surface area contributed by atoms with Crippen LogP contribution in [0.4, 0.5) is 0 Å². The molecule has 0 radical (unpaired) electrons. The lowest BCUT2D eigenvalue weighted by atomic mass is 10.4. The lowest BCUT2D eigenvalue weighted by Crippen LogP contribution is -2.20. The van der Waals surface area contributed by atoms with Crippen LogP contribution >= 0.6 is 11.3 Å². The van der Waals surface area contributed by atoms with Gasteiger partial charge in [0, 0.05) is 30.8 Å². The average Bonchev–Trinajstić information content (AvgIpc) is 2.62. The van der Waals surface area contributed by atoms with Crippen molar-refractivity contribution in [3.05, 3.63) is 16.3 Å². The number of thiophene rings is 1. The Morgan fingerprint density at radius 3 is 2.75 bits per heavy atom. The predicted octanol–water partition coefficient (Wildman–Crippen LogP) is 0.966. The van der Waals surface area contributed by atoms with E-state index in [1.165, 1.54) is 17.6 Å². The van der Waals surface area contributed by atoms with Crippen LogP contribution in [-0.2, 0) is 16.4 Å². The predicted molar refractivity (Wildman–Crippen MR) is 65.5 cm³/mol. The molecule has 1 aromatic rings. The summed E-state index contributed by atoms with van der Waals surface area (Å²) in [6.45, 7) is 1.53. The van der Waals surface area contributed by atoms with Gasteiger partial charge < -0.3 is 10.0 Å². The van der Waals surface area contributed by atoms with Crippen LogP contribution < -0.4 is 0 Å². The van der Waals surface area contributed by atoms with Crippen molar-refractivity contribution in [1.82, 2.24) is 4.90 Å². The van der Waals surface area contributed by atoms with E-state index in [0.717, 1.165) is 11.4 Å². The molecule has 0 atom stereocenters. The number of hydrogen-bond acceptors (Lipinski definition) is 5. The number of sulfone groups is 1. The lowest BCUT2D eigenvalue weighted by Gasteiger charge is -2.15. The first-order valence-corrected chi connectivity index (χ1v) is 7.78. The van der Waals surface area contributed by atoms with Crippen molar-refractivity contribution < 1.29 is 13.5 Å². The van der Waals surface area contributed by atoms with Crippen LogP contribution in [0.25, 0.3) is 0 Å². The lowest BCUT2D eigenvalue weighted by molar-refractivity contribution is 0.244. The van der Waals surface area contributed by atoms with Crippen LogP contribution in [0.5, 0.6) is 0 Å². The van der Waals surface area contributed by atoms with Gasteiger partial charge in [0.25, 0.3) is 0 Å². The zero-order chi connectivity index (χ0) is 12.2. The molecule has 0 aliphatic heterocycles. The highest BCUT2D eigenvalue weighted by atomic mass is 32.2. The van der Waals surface area contributed by atoms with Gasteiger partial charge in [-0.3, -0.25) is 0 Å². The van der Waals surface area contributed by atoms with Gasteiger partial charge in [0.05, 0.1) is 4.90 Å². The molecule has 0 bridgehead atoms. The molecule has 1 heterocycles. The number of aliphatic hydroxyl groups excluding tert-OH is 1. The van der Waals surface area contributed by atoms with E-state index >= 15 is 0 Å². The first kappa shape index (κ1) is 13.6. The van der Waals surface area contributed by atoms with Gasteiger partial charge in [0.1, 0.15) is 0 Å². The highest BCUT2D eigenvalue weighted by molar-refractivity contribution is 7.90. The molecule has 0 aliphatic rings. The first-order valence-electron chi connectivity index (χ1n) is 5.01. The van der Waals surface area contributed by atoms with Crippen molar-refractivity contribution in [2.24, 2.45) is 0 Å². The number of nitrogens with zero attached hydrogens (tertiary/aromatic N) is 1. The van der Waals surface area contributed by atoms with E-state index in [2.05, 4.69) is 0 Å². The molecule has 0 saturated carbocycles. The van der Waals surface area contributed by atoms with Gasteiger partial charge in [0.15, 0.2) is 9.84 Å². The fourth-order valence-corrected chi connectivity index (χ4v) is 3.76. The molecule has 1 N–H and O–H groups in total. The van der Waals surface area contributed by atoms with Crippen LogP contribution in [0.15, 0.2) is 16.3 Å². The molecule has 0 unspecified atom stereocenters. The van der Waals surface area contributed by atoms with Gasteiger partial charge in [-0.25, -0.2) is 8.42 Å². The van der Waals surface area contributed by atoms with Gasteiger partial charge in [-0.1, -0.05) is 0 Å². The Balaban J connectivity index is 2.71. The second-order valence-electron chi connectivity index (χ2n) is 3.80. The second kappa shape index (κ2) is 5.77. The first-order chi connectivity index (χ1) is 7.45. The molecule has 16 heavy (non-hydrogen) atoms. The Hall–Kier alpha value is -0.430. The Labute approximate surface area is 100 Å². The maximum absolute atomic E-state index is 11.5. The molecular weight excluding hydrogens is 246 g/mol. The van der Waals surface area contributed by atoms with Gasteiger partial charge in [-0.05, 0) is 24.9 Å². The molecule has 92 valence electrons. The Morgan fingerprint density at radius 1 is 1.50 bits per heavy atom. The van der Waals surface area contributed by atoms with Gasteiger partial charge in [-0.2, -0.15) is 0 Å². The smallest absolute Gasteiger partial charge is 0.176 e. The van der Waals surface area contributed by atoms with Crippen LogP contribution in [-0.4, -0.2) is 44.9 Å². The Kier molecular flexibility index (Phi) is 4.91. The van der Waals surface area contributed by atoms with Crippen molar-refractivity contribution in [2.75, 3.05) is 26.5 Å². The normalized spacial score (nSPS) is 12.2. The summed E-state index contributed by atoms with van der Waals surface area (Å²) >= 11 is 1.45. The summed E-state index contributed by atoms with van der Waals surface area (Å²) in [7, 11) is -1.20. The third kappa shape index (κ3) is 3.86. The quantitative estimate of drug-likeness (QED) is 0.831. The molecule has 0 saturated heterocycles. The van der Waals surface area contributed by atoms with E-state index in [-0.39, 0.29) is 6.61 Å². The van der Waals surface area contributed by atoms with Crippen molar-refractivity contribution in [3.8, 4) is 0 Å². The fourth-order valence-electron chi connectivity index (χ4n) is 1.44. The summed E-state index contributed by atoms with van der Waals surface area (Å²) in [6.07, 6.45) is 1.93. The number of aliphatic hydroxyl groups is 1. The maximum Gasteiger partial charge on any atom is 0.176 e. The SMILES string of the molecule is CN(CCCO)Cc1sccc1S(C)(=O)=O. The monoisotopic (exact) mass is 263 g/mol. The van der Waals surface area contributed by atoms with E-state index in [1.807, 2.05) is 11.9 Å². The summed E-state index contributed by atoms with van der Waals surface area (Å²) in [5, 5.41) is 10.5. The molecule has 6 heteroatoms. The molecule has 1 rings (SSSR count). The third-order valence-corrected chi connectivity index (χ3v) is 4.43. The van der Waals surface area contributed by atoms with Crippen LogP contribution in [0, 0.1) is 0 Å². The molecule has 0 spiro atoms. The molecule has 0 aromatic carbocycles. The van der Waals surface area contributed by atoms with Gasteiger partial charge in [-0.15, -0.1) is 11.3 Å². The summed E-state index contributed by atoms with van der Waals surface area (Å²) in [6, 6.07) is 1.65. The fraction of sp³-hybridized carbons (Fsp3) is 0.600. The molecule has 0 aliphatic carbocycles. The van der Waals surface area contributed by atoms with E-state index in [4.69, 9.17) is 5.11 Å². The maximum atomic E-state index is 11.5. The summed E-state index contributed by atoms with van der Waals surface area (Å²) in [4.78, 5) is 3.30. The number of rotatable bonds is 6. The standard InChI is InChI=1S/C10H17NO3S2/c1-11(5-3-6-12)8-9-10(4-7-15-9)16(2,13)14/h4,7,12H,3,5-6,8H2,1-2H3. The molecule has 0 fully saturated rings. The zero-order valence-corrected chi connectivity index (χ0v) is 11.1. The summed E-state index contributed by atoms with van der Waals surface area (Å²) in [5.41, 5.74) is 0. The Bertz CT molecular complexity index is 425. The molecular formula is C10H17NO3S2. The van der Waals surface area contributed by atoms with Crippen LogP contribution in [0.1, 0.15) is 11.3 Å². The third-order valence-electron chi connectivity index (χ3n) is 2.22. The summed E-state index contributed by atoms with van der Waals surface area (Å²) in [5.74, 6) is 0. The van der Waals surface area contributed by atoms with Gasteiger partial charge >= 0.3 is 0 Å². The van der Waals surface area contributed by atoms with E-state index in [0.29, 0.717) is 17.9 Å². The Morgan fingerprint density at radius 2 is 2.19 bits per heavy atom. The minimum absolute atomic E-state index is 0.160. The van der Waals surface area contributed by atoms with E-state index in [9.17, 15) is 8.42 Å². The van der Waals surface area contributed by atoms with Crippen molar-refractivity contribution in [2.45, 2.75) is 17.9 Å². The topological polar surface area (TPSA) is 57.6 Å². The second-order valence-corrected chi connectivity index (χ2v) is 6.78.